The highest BCUT2D eigenvalue weighted by molar-refractivity contribution is 7.98. The van der Waals surface area contributed by atoms with Gasteiger partial charge in [-0.1, -0.05) is 44.2 Å². The molecule has 0 aromatic heterocycles. The lowest BCUT2D eigenvalue weighted by Crippen LogP contribution is -2.30. The molecule has 0 spiro atoms. The summed E-state index contributed by atoms with van der Waals surface area (Å²) in [6.45, 7) is 5.70. The van der Waals surface area contributed by atoms with E-state index in [-0.39, 0.29) is 11.8 Å². The van der Waals surface area contributed by atoms with E-state index < -0.39 is 12.1 Å². The Morgan fingerprint density at radius 1 is 1.00 bits per heavy atom. The molecule has 0 saturated carbocycles. The zero-order valence-electron chi connectivity index (χ0n) is 14.9. The second-order valence-corrected chi connectivity index (χ2v) is 6.83. The van der Waals surface area contributed by atoms with Crippen molar-refractivity contribution in [2.75, 3.05) is 11.6 Å². The third-order valence-electron chi connectivity index (χ3n) is 3.82. The van der Waals surface area contributed by atoms with Crippen LogP contribution in [0.1, 0.15) is 42.6 Å². The molecule has 0 aliphatic carbocycles. The minimum absolute atomic E-state index is 0.280. The van der Waals surface area contributed by atoms with E-state index >= 15 is 0 Å². The number of amides is 1. The van der Waals surface area contributed by atoms with E-state index in [0.717, 1.165) is 16.1 Å². The van der Waals surface area contributed by atoms with E-state index in [1.807, 2.05) is 42.7 Å². The lowest BCUT2D eigenvalue weighted by atomic mass is 10.0. The standard InChI is InChI=1S/C20H23NO3S/c1-13(2)15-9-5-7-11-17(15)21-19(22)14(3)24-20(23)16-10-6-8-12-18(16)25-4/h5-14H,1-4H3,(H,21,22)/t14-/m1/s1. The van der Waals surface area contributed by atoms with Crippen molar-refractivity contribution in [2.45, 2.75) is 37.7 Å². The molecule has 1 amide bonds. The highest BCUT2D eigenvalue weighted by Crippen LogP contribution is 2.24. The van der Waals surface area contributed by atoms with Crippen LogP contribution in [0.2, 0.25) is 0 Å². The van der Waals surface area contributed by atoms with E-state index in [0.29, 0.717) is 5.56 Å². The minimum atomic E-state index is -0.886. The van der Waals surface area contributed by atoms with E-state index in [1.54, 1.807) is 19.1 Å². The third kappa shape index (κ3) is 4.86. The summed E-state index contributed by atoms with van der Waals surface area (Å²) in [6.07, 6.45) is 1.01. The largest absolute Gasteiger partial charge is 0.449 e. The first-order valence-corrected chi connectivity index (χ1v) is 9.40. The summed E-state index contributed by atoms with van der Waals surface area (Å²) in [5.74, 6) is -0.560. The van der Waals surface area contributed by atoms with Gasteiger partial charge in [0.25, 0.3) is 5.91 Å². The Kier molecular flexibility index (Phi) is 6.65. The second kappa shape index (κ2) is 8.72. The molecule has 0 fully saturated rings. The van der Waals surface area contributed by atoms with Gasteiger partial charge in [-0.05, 0) is 42.9 Å². The number of esters is 1. The lowest BCUT2D eigenvalue weighted by Gasteiger charge is -2.17. The first kappa shape index (κ1) is 19.1. The Bertz CT molecular complexity index is 758. The van der Waals surface area contributed by atoms with Gasteiger partial charge in [-0.15, -0.1) is 11.8 Å². The van der Waals surface area contributed by atoms with Crippen LogP contribution in [0.15, 0.2) is 53.4 Å². The summed E-state index contributed by atoms with van der Waals surface area (Å²) in [5.41, 5.74) is 2.26. The summed E-state index contributed by atoms with van der Waals surface area (Å²) < 4.78 is 5.35. The first-order valence-electron chi connectivity index (χ1n) is 8.17. The number of thioether (sulfide) groups is 1. The van der Waals surface area contributed by atoms with Gasteiger partial charge in [0.2, 0.25) is 0 Å². The molecule has 0 saturated heterocycles. The van der Waals surface area contributed by atoms with Gasteiger partial charge in [0.15, 0.2) is 6.10 Å². The van der Waals surface area contributed by atoms with E-state index in [2.05, 4.69) is 19.2 Å². The van der Waals surface area contributed by atoms with Gasteiger partial charge in [-0.25, -0.2) is 4.79 Å². The number of anilines is 1. The van der Waals surface area contributed by atoms with Crippen LogP contribution in [-0.4, -0.2) is 24.2 Å². The zero-order chi connectivity index (χ0) is 18.4. The van der Waals surface area contributed by atoms with Crippen molar-refractivity contribution < 1.29 is 14.3 Å². The van der Waals surface area contributed by atoms with Crippen LogP contribution in [0.4, 0.5) is 5.69 Å². The van der Waals surface area contributed by atoms with Gasteiger partial charge < -0.3 is 10.1 Å². The molecule has 0 radical (unpaired) electrons. The number of carbonyl (C=O) groups excluding carboxylic acids is 2. The fourth-order valence-electron chi connectivity index (χ4n) is 2.44. The van der Waals surface area contributed by atoms with Crippen molar-refractivity contribution in [3.63, 3.8) is 0 Å². The smallest absolute Gasteiger partial charge is 0.340 e. The summed E-state index contributed by atoms with van der Waals surface area (Å²) in [7, 11) is 0. The van der Waals surface area contributed by atoms with Crippen molar-refractivity contribution in [2.24, 2.45) is 0 Å². The second-order valence-electron chi connectivity index (χ2n) is 5.98. The van der Waals surface area contributed by atoms with Crippen LogP contribution < -0.4 is 5.32 Å². The topological polar surface area (TPSA) is 55.4 Å². The molecular formula is C20H23NO3S. The highest BCUT2D eigenvalue weighted by atomic mass is 32.2. The summed E-state index contributed by atoms with van der Waals surface area (Å²) in [4.78, 5) is 25.6. The van der Waals surface area contributed by atoms with Crippen molar-refractivity contribution in [3.8, 4) is 0 Å². The van der Waals surface area contributed by atoms with Gasteiger partial charge in [0, 0.05) is 10.6 Å². The van der Waals surface area contributed by atoms with Crippen LogP contribution in [0.3, 0.4) is 0 Å². The first-order chi connectivity index (χ1) is 11.9. The quantitative estimate of drug-likeness (QED) is 0.600. The predicted octanol–water partition coefficient (Wildman–Crippen LogP) is 4.72. The van der Waals surface area contributed by atoms with Crippen LogP contribution in [0.5, 0.6) is 0 Å². The Balaban J connectivity index is 2.07. The molecule has 0 unspecified atom stereocenters. The Labute approximate surface area is 153 Å². The van der Waals surface area contributed by atoms with Crippen molar-refractivity contribution >= 4 is 29.3 Å². The van der Waals surface area contributed by atoms with E-state index in [1.165, 1.54) is 11.8 Å². The molecule has 0 aliphatic heterocycles. The summed E-state index contributed by atoms with van der Waals surface area (Å²) in [6, 6.07) is 14.8. The van der Waals surface area contributed by atoms with E-state index in [9.17, 15) is 9.59 Å². The summed E-state index contributed by atoms with van der Waals surface area (Å²) in [5, 5.41) is 2.86. The molecule has 5 heteroatoms. The lowest BCUT2D eigenvalue weighted by molar-refractivity contribution is -0.123. The number of rotatable bonds is 6. The number of benzene rings is 2. The van der Waals surface area contributed by atoms with Crippen molar-refractivity contribution in [1.82, 2.24) is 0 Å². The van der Waals surface area contributed by atoms with Crippen LogP contribution in [-0.2, 0) is 9.53 Å². The Hall–Kier alpha value is -2.27. The average Bonchev–Trinajstić information content (AvgIpc) is 2.61. The Morgan fingerprint density at radius 3 is 2.32 bits per heavy atom. The third-order valence-corrected chi connectivity index (χ3v) is 4.62. The number of hydrogen-bond donors (Lipinski definition) is 1. The molecule has 2 aromatic carbocycles. The molecule has 0 bridgehead atoms. The van der Waals surface area contributed by atoms with Gasteiger partial charge in [0.1, 0.15) is 0 Å². The summed E-state index contributed by atoms with van der Waals surface area (Å²) >= 11 is 1.47. The molecule has 0 heterocycles. The molecule has 4 nitrogen and oxygen atoms in total. The SMILES string of the molecule is CSc1ccccc1C(=O)O[C@H](C)C(=O)Nc1ccccc1C(C)C. The maximum atomic E-state index is 12.4. The van der Waals surface area contributed by atoms with Gasteiger partial charge in [-0.3, -0.25) is 4.79 Å². The van der Waals surface area contributed by atoms with E-state index in [4.69, 9.17) is 4.74 Å². The number of nitrogens with one attached hydrogen (secondary N) is 1. The fourth-order valence-corrected chi connectivity index (χ4v) is 3.03. The highest BCUT2D eigenvalue weighted by Gasteiger charge is 2.21. The molecule has 1 atom stereocenters. The molecular weight excluding hydrogens is 334 g/mol. The van der Waals surface area contributed by atoms with Crippen molar-refractivity contribution in [3.05, 3.63) is 59.7 Å². The molecule has 132 valence electrons. The van der Waals surface area contributed by atoms with Gasteiger partial charge in [0.05, 0.1) is 5.56 Å². The van der Waals surface area contributed by atoms with Crippen LogP contribution in [0, 0.1) is 0 Å². The maximum Gasteiger partial charge on any atom is 0.340 e. The van der Waals surface area contributed by atoms with Crippen LogP contribution >= 0.6 is 11.8 Å². The van der Waals surface area contributed by atoms with Gasteiger partial charge >= 0.3 is 5.97 Å². The molecule has 1 N–H and O–H groups in total. The van der Waals surface area contributed by atoms with Crippen molar-refractivity contribution in [1.29, 1.82) is 0 Å². The minimum Gasteiger partial charge on any atom is -0.449 e. The molecule has 2 rings (SSSR count). The van der Waals surface area contributed by atoms with Gasteiger partial charge in [-0.2, -0.15) is 0 Å². The predicted molar refractivity (Wildman–Crippen MR) is 102 cm³/mol. The molecule has 25 heavy (non-hydrogen) atoms. The fraction of sp³-hybridized carbons (Fsp3) is 0.300. The molecule has 2 aromatic rings. The number of hydrogen-bond acceptors (Lipinski definition) is 4. The number of para-hydroxylation sites is 1. The Morgan fingerprint density at radius 2 is 1.64 bits per heavy atom. The zero-order valence-corrected chi connectivity index (χ0v) is 15.7. The van der Waals surface area contributed by atoms with Crippen LogP contribution in [0.25, 0.3) is 0 Å². The number of ether oxygens (including phenoxy) is 1. The average molecular weight is 357 g/mol. The normalized spacial score (nSPS) is 11.9. The monoisotopic (exact) mass is 357 g/mol. The molecule has 0 aliphatic rings. The maximum absolute atomic E-state index is 12.4. The number of carbonyl (C=O) groups is 2.